The Labute approximate surface area is 114 Å². The van der Waals surface area contributed by atoms with Gasteiger partial charge >= 0.3 is 0 Å². The topological polar surface area (TPSA) is 55.6 Å². The molecule has 0 aliphatic carbocycles. The molecule has 1 aliphatic heterocycles. The van der Waals surface area contributed by atoms with E-state index in [1.165, 1.54) is 6.42 Å². The van der Waals surface area contributed by atoms with Crippen LogP contribution >= 0.6 is 0 Å². The lowest BCUT2D eigenvalue weighted by atomic mass is 9.91. The molecule has 0 saturated carbocycles. The average Bonchev–Trinajstić information content (AvgIpc) is 2.35. The lowest BCUT2D eigenvalue weighted by Gasteiger charge is -2.35. The highest BCUT2D eigenvalue weighted by Crippen LogP contribution is 2.25. The van der Waals surface area contributed by atoms with Crippen LogP contribution in [-0.2, 0) is 0 Å². The Morgan fingerprint density at radius 1 is 1.26 bits per heavy atom. The zero-order chi connectivity index (χ0) is 14.0. The molecule has 104 valence electrons. The summed E-state index contributed by atoms with van der Waals surface area (Å²) < 4.78 is 5.16. The van der Waals surface area contributed by atoms with Crippen LogP contribution < -0.4 is 10.5 Å². The van der Waals surface area contributed by atoms with Crippen molar-refractivity contribution in [1.29, 1.82) is 0 Å². The van der Waals surface area contributed by atoms with Crippen molar-refractivity contribution in [2.45, 2.75) is 20.3 Å². The first-order chi connectivity index (χ1) is 8.99. The van der Waals surface area contributed by atoms with Gasteiger partial charge in [-0.15, -0.1) is 0 Å². The minimum Gasteiger partial charge on any atom is -0.497 e. The lowest BCUT2D eigenvalue weighted by Crippen LogP contribution is -2.42. The fourth-order valence-corrected chi connectivity index (χ4v) is 2.87. The normalized spacial score (nSPS) is 23.2. The number of likely N-dealkylation sites (tertiary alicyclic amines) is 1. The number of nitrogens with two attached hydrogens (primary N) is 1. The molecule has 2 atom stereocenters. The lowest BCUT2D eigenvalue weighted by molar-refractivity contribution is 0.0623. The third kappa shape index (κ3) is 3.19. The number of hydrogen-bond donors (Lipinski definition) is 1. The highest BCUT2D eigenvalue weighted by Gasteiger charge is 2.26. The summed E-state index contributed by atoms with van der Waals surface area (Å²) in [6, 6.07) is 5.19. The standard InChI is InChI=1S/C15H22N2O2/c1-10-4-11(2)9-17(8-10)15(18)12-5-13(16)7-14(6-12)19-3/h5-7,10-11H,4,8-9,16H2,1-3H3. The fraction of sp³-hybridized carbons (Fsp3) is 0.533. The molecule has 1 saturated heterocycles. The largest absolute Gasteiger partial charge is 0.497 e. The zero-order valence-electron chi connectivity index (χ0n) is 11.8. The van der Waals surface area contributed by atoms with Gasteiger partial charge < -0.3 is 15.4 Å². The SMILES string of the molecule is COc1cc(N)cc(C(=O)N2CC(C)CC(C)C2)c1. The average molecular weight is 262 g/mol. The molecule has 0 spiro atoms. The van der Waals surface area contributed by atoms with Crippen LogP contribution in [0.4, 0.5) is 5.69 Å². The Morgan fingerprint density at radius 2 is 1.89 bits per heavy atom. The third-order valence-electron chi connectivity index (χ3n) is 3.57. The second kappa shape index (κ2) is 5.51. The molecule has 1 fully saturated rings. The van der Waals surface area contributed by atoms with Gasteiger partial charge in [0.1, 0.15) is 5.75 Å². The minimum absolute atomic E-state index is 0.0454. The van der Waals surface area contributed by atoms with E-state index in [-0.39, 0.29) is 5.91 Å². The van der Waals surface area contributed by atoms with Gasteiger partial charge in [0.2, 0.25) is 0 Å². The van der Waals surface area contributed by atoms with Crippen molar-refractivity contribution in [3.05, 3.63) is 23.8 Å². The highest BCUT2D eigenvalue weighted by molar-refractivity contribution is 5.95. The number of nitrogen functional groups attached to an aromatic ring is 1. The van der Waals surface area contributed by atoms with E-state index >= 15 is 0 Å². The summed E-state index contributed by atoms with van der Waals surface area (Å²) in [6.45, 7) is 6.02. The van der Waals surface area contributed by atoms with Gasteiger partial charge in [-0.3, -0.25) is 4.79 Å². The number of nitrogens with zero attached hydrogens (tertiary/aromatic N) is 1. The number of carbonyl (C=O) groups excluding carboxylic acids is 1. The summed E-state index contributed by atoms with van der Waals surface area (Å²) in [7, 11) is 1.58. The van der Waals surface area contributed by atoms with Crippen LogP contribution in [-0.4, -0.2) is 31.0 Å². The van der Waals surface area contributed by atoms with Crippen molar-refractivity contribution in [2.75, 3.05) is 25.9 Å². The molecule has 1 heterocycles. The molecular formula is C15H22N2O2. The monoisotopic (exact) mass is 262 g/mol. The van der Waals surface area contributed by atoms with Crippen molar-refractivity contribution in [2.24, 2.45) is 11.8 Å². The maximum atomic E-state index is 12.5. The Kier molecular flexibility index (Phi) is 3.98. The summed E-state index contributed by atoms with van der Waals surface area (Å²) >= 11 is 0. The van der Waals surface area contributed by atoms with E-state index in [4.69, 9.17) is 10.5 Å². The molecule has 4 nitrogen and oxygen atoms in total. The van der Waals surface area contributed by atoms with Gasteiger partial charge in [-0.25, -0.2) is 0 Å². The van der Waals surface area contributed by atoms with Gasteiger partial charge in [-0.05, 0) is 30.4 Å². The Bertz CT molecular complexity index is 463. The molecular weight excluding hydrogens is 240 g/mol. The molecule has 2 N–H and O–H groups in total. The van der Waals surface area contributed by atoms with Gasteiger partial charge in [-0.1, -0.05) is 13.8 Å². The summed E-state index contributed by atoms with van der Waals surface area (Å²) in [5.74, 6) is 1.77. The number of hydrogen-bond acceptors (Lipinski definition) is 3. The van der Waals surface area contributed by atoms with Gasteiger partial charge in [0.25, 0.3) is 5.91 Å². The quantitative estimate of drug-likeness (QED) is 0.833. The van der Waals surface area contributed by atoms with Crippen molar-refractivity contribution in [1.82, 2.24) is 4.90 Å². The predicted molar refractivity (Wildman–Crippen MR) is 76.3 cm³/mol. The van der Waals surface area contributed by atoms with Crippen LogP contribution in [0, 0.1) is 11.8 Å². The third-order valence-corrected chi connectivity index (χ3v) is 3.57. The number of anilines is 1. The molecule has 1 aromatic carbocycles. The fourth-order valence-electron chi connectivity index (χ4n) is 2.87. The predicted octanol–water partition coefficient (Wildman–Crippen LogP) is 2.40. The van der Waals surface area contributed by atoms with E-state index in [0.717, 1.165) is 13.1 Å². The first-order valence-electron chi connectivity index (χ1n) is 6.73. The van der Waals surface area contributed by atoms with Crippen molar-refractivity contribution in [3.63, 3.8) is 0 Å². The van der Waals surface area contributed by atoms with Gasteiger partial charge in [-0.2, -0.15) is 0 Å². The maximum absolute atomic E-state index is 12.5. The molecule has 19 heavy (non-hydrogen) atoms. The Balaban J connectivity index is 2.21. The first-order valence-corrected chi connectivity index (χ1v) is 6.73. The van der Waals surface area contributed by atoms with E-state index in [0.29, 0.717) is 28.8 Å². The Morgan fingerprint density at radius 3 is 2.47 bits per heavy atom. The molecule has 2 rings (SSSR count). The number of amides is 1. The van der Waals surface area contributed by atoms with Crippen LogP contribution in [0.25, 0.3) is 0 Å². The molecule has 1 amide bonds. The Hall–Kier alpha value is -1.71. The number of ether oxygens (including phenoxy) is 1. The van der Waals surface area contributed by atoms with E-state index in [2.05, 4.69) is 13.8 Å². The molecule has 4 heteroatoms. The van der Waals surface area contributed by atoms with Crippen LogP contribution in [0.1, 0.15) is 30.6 Å². The van der Waals surface area contributed by atoms with Gasteiger partial charge in [0.15, 0.2) is 0 Å². The second-order valence-corrected chi connectivity index (χ2v) is 5.65. The first kappa shape index (κ1) is 13.7. The number of carbonyl (C=O) groups is 1. The van der Waals surface area contributed by atoms with Crippen molar-refractivity contribution < 1.29 is 9.53 Å². The molecule has 0 radical (unpaired) electrons. The number of benzene rings is 1. The summed E-state index contributed by atoms with van der Waals surface area (Å²) in [4.78, 5) is 14.4. The van der Waals surface area contributed by atoms with Crippen LogP contribution in [0.5, 0.6) is 5.75 Å². The maximum Gasteiger partial charge on any atom is 0.254 e. The summed E-state index contributed by atoms with van der Waals surface area (Å²) in [5, 5.41) is 0. The van der Waals surface area contributed by atoms with Crippen molar-refractivity contribution in [3.8, 4) is 5.75 Å². The van der Waals surface area contributed by atoms with Crippen LogP contribution in [0.2, 0.25) is 0 Å². The number of rotatable bonds is 2. The van der Waals surface area contributed by atoms with Gasteiger partial charge in [0, 0.05) is 30.4 Å². The molecule has 1 aliphatic rings. The highest BCUT2D eigenvalue weighted by atomic mass is 16.5. The molecule has 2 unspecified atom stereocenters. The molecule has 1 aromatic rings. The van der Waals surface area contributed by atoms with Gasteiger partial charge in [0.05, 0.1) is 7.11 Å². The van der Waals surface area contributed by atoms with E-state index in [9.17, 15) is 4.79 Å². The summed E-state index contributed by atoms with van der Waals surface area (Å²) in [6.07, 6.45) is 1.18. The zero-order valence-corrected chi connectivity index (χ0v) is 11.8. The minimum atomic E-state index is 0.0454. The molecule has 0 aromatic heterocycles. The second-order valence-electron chi connectivity index (χ2n) is 5.65. The van der Waals surface area contributed by atoms with Crippen LogP contribution in [0.15, 0.2) is 18.2 Å². The van der Waals surface area contributed by atoms with Crippen LogP contribution in [0.3, 0.4) is 0 Å². The number of piperidine rings is 1. The van der Waals surface area contributed by atoms with E-state index < -0.39 is 0 Å². The summed E-state index contributed by atoms with van der Waals surface area (Å²) in [5.41, 5.74) is 6.97. The van der Waals surface area contributed by atoms with E-state index in [1.807, 2.05) is 4.90 Å². The number of methoxy groups -OCH3 is 1. The van der Waals surface area contributed by atoms with Crippen molar-refractivity contribution >= 4 is 11.6 Å². The van der Waals surface area contributed by atoms with E-state index in [1.54, 1.807) is 25.3 Å². The smallest absolute Gasteiger partial charge is 0.254 e. The molecule has 0 bridgehead atoms.